The largest absolute Gasteiger partial charge is 0.316 e. The van der Waals surface area contributed by atoms with Crippen LogP contribution in [0.4, 0.5) is 4.39 Å². The molecule has 0 spiro atoms. The zero-order chi connectivity index (χ0) is 14.7. The molecule has 0 saturated heterocycles. The summed E-state index contributed by atoms with van der Waals surface area (Å²) in [6.45, 7) is 0.499. The van der Waals surface area contributed by atoms with Gasteiger partial charge in [0.25, 0.3) is 0 Å². The monoisotopic (exact) mass is 281 g/mol. The number of hydrogen-bond acceptors (Lipinski definition) is 2. The van der Waals surface area contributed by atoms with Gasteiger partial charge in [-0.25, -0.2) is 9.07 Å². The first kappa shape index (κ1) is 13.5. The van der Waals surface area contributed by atoms with Crippen molar-refractivity contribution in [3.05, 3.63) is 72.2 Å². The van der Waals surface area contributed by atoms with E-state index in [0.29, 0.717) is 12.1 Å². The molecule has 1 heterocycles. The fourth-order valence-electron chi connectivity index (χ4n) is 2.36. The second-order valence-corrected chi connectivity index (χ2v) is 4.80. The van der Waals surface area contributed by atoms with Crippen molar-refractivity contribution in [2.75, 3.05) is 7.05 Å². The lowest BCUT2D eigenvalue weighted by molar-refractivity contribution is 0.601. The molecule has 0 amide bonds. The molecule has 0 unspecified atom stereocenters. The minimum atomic E-state index is -0.195. The zero-order valence-corrected chi connectivity index (χ0v) is 11.8. The summed E-state index contributed by atoms with van der Waals surface area (Å²) in [5, 5.41) is 7.35. The first-order valence-corrected chi connectivity index (χ1v) is 6.82. The van der Waals surface area contributed by atoms with Crippen LogP contribution < -0.4 is 5.32 Å². The third-order valence-corrected chi connectivity index (χ3v) is 3.35. The van der Waals surface area contributed by atoms with E-state index >= 15 is 0 Å². The van der Waals surface area contributed by atoms with E-state index < -0.39 is 0 Å². The molecule has 0 bridgehead atoms. The number of rotatable bonds is 4. The van der Waals surface area contributed by atoms with Crippen molar-refractivity contribution in [3.63, 3.8) is 0 Å². The Bertz CT molecular complexity index is 735. The van der Waals surface area contributed by atoms with Crippen LogP contribution in [0.25, 0.3) is 16.9 Å². The minimum absolute atomic E-state index is 0.195. The van der Waals surface area contributed by atoms with Gasteiger partial charge in [0, 0.05) is 17.7 Å². The lowest BCUT2D eigenvalue weighted by Crippen LogP contribution is -2.07. The average molecular weight is 281 g/mol. The Hall–Kier alpha value is -2.46. The average Bonchev–Trinajstić information content (AvgIpc) is 3.00. The van der Waals surface area contributed by atoms with Gasteiger partial charge < -0.3 is 5.32 Å². The zero-order valence-electron chi connectivity index (χ0n) is 11.8. The van der Waals surface area contributed by atoms with Crippen LogP contribution in [0.1, 0.15) is 5.56 Å². The summed E-state index contributed by atoms with van der Waals surface area (Å²) in [5.41, 5.74) is 3.52. The summed E-state index contributed by atoms with van der Waals surface area (Å²) in [7, 11) is 1.81. The Kier molecular flexibility index (Phi) is 3.79. The van der Waals surface area contributed by atoms with Gasteiger partial charge in [-0.3, -0.25) is 0 Å². The van der Waals surface area contributed by atoms with Crippen molar-refractivity contribution < 1.29 is 4.39 Å². The molecular formula is C17H16FN3. The van der Waals surface area contributed by atoms with Gasteiger partial charge in [0.2, 0.25) is 0 Å². The molecule has 0 atom stereocenters. The normalized spacial score (nSPS) is 10.8. The van der Waals surface area contributed by atoms with Gasteiger partial charge in [0.05, 0.1) is 17.6 Å². The number of benzene rings is 2. The molecule has 1 N–H and O–H groups in total. The fourth-order valence-corrected chi connectivity index (χ4v) is 2.36. The fraction of sp³-hybridized carbons (Fsp3) is 0.118. The van der Waals surface area contributed by atoms with E-state index in [1.165, 1.54) is 6.07 Å². The van der Waals surface area contributed by atoms with E-state index in [4.69, 9.17) is 0 Å². The molecule has 2 aromatic carbocycles. The maximum Gasteiger partial charge on any atom is 0.127 e. The van der Waals surface area contributed by atoms with Crippen molar-refractivity contribution in [1.82, 2.24) is 15.1 Å². The Morgan fingerprint density at radius 3 is 2.67 bits per heavy atom. The number of nitrogens with zero attached hydrogens (tertiary/aromatic N) is 2. The van der Waals surface area contributed by atoms with Gasteiger partial charge in [-0.1, -0.05) is 18.2 Å². The van der Waals surface area contributed by atoms with Gasteiger partial charge in [0.1, 0.15) is 5.82 Å². The molecule has 0 fully saturated rings. The van der Waals surface area contributed by atoms with Crippen LogP contribution in [-0.2, 0) is 6.54 Å². The molecule has 1 aromatic heterocycles. The number of nitrogens with one attached hydrogen (secondary N) is 1. The molecule has 106 valence electrons. The lowest BCUT2D eigenvalue weighted by atomic mass is 10.1. The highest BCUT2D eigenvalue weighted by Crippen LogP contribution is 2.24. The molecule has 21 heavy (non-hydrogen) atoms. The highest BCUT2D eigenvalue weighted by Gasteiger charge is 2.10. The van der Waals surface area contributed by atoms with E-state index in [9.17, 15) is 4.39 Å². The van der Waals surface area contributed by atoms with Gasteiger partial charge in [-0.05, 0) is 43.4 Å². The van der Waals surface area contributed by atoms with Gasteiger partial charge in [-0.15, -0.1) is 0 Å². The first-order chi connectivity index (χ1) is 10.3. The van der Waals surface area contributed by atoms with Crippen LogP contribution in [0.2, 0.25) is 0 Å². The molecule has 0 saturated carbocycles. The molecular weight excluding hydrogens is 265 g/mol. The Morgan fingerprint density at radius 2 is 1.90 bits per heavy atom. The molecule has 0 aliphatic heterocycles. The first-order valence-electron chi connectivity index (χ1n) is 6.82. The second kappa shape index (κ2) is 5.89. The van der Waals surface area contributed by atoms with Crippen molar-refractivity contribution in [2.24, 2.45) is 0 Å². The summed E-state index contributed by atoms with van der Waals surface area (Å²) in [6.07, 6.45) is 1.75. The Labute approximate surface area is 123 Å². The number of para-hydroxylation sites is 1. The van der Waals surface area contributed by atoms with Gasteiger partial charge in [-0.2, -0.15) is 5.10 Å². The lowest BCUT2D eigenvalue weighted by Gasteiger charge is -2.10. The van der Waals surface area contributed by atoms with Crippen LogP contribution in [0.3, 0.4) is 0 Å². The van der Waals surface area contributed by atoms with Gasteiger partial charge >= 0.3 is 0 Å². The number of halogens is 1. The quantitative estimate of drug-likeness (QED) is 0.794. The predicted octanol–water partition coefficient (Wildman–Crippen LogP) is 3.40. The van der Waals surface area contributed by atoms with Crippen LogP contribution >= 0.6 is 0 Å². The van der Waals surface area contributed by atoms with Crippen molar-refractivity contribution in [3.8, 4) is 16.9 Å². The molecule has 0 aliphatic carbocycles. The Morgan fingerprint density at radius 1 is 1.10 bits per heavy atom. The third-order valence-electron chi connectivity index (χ3n) is 3.35. The summed E-state index contributed by atoms with van der Waals surface area (Å²) in [5.74, 6) is -0.195. The molecule has 3 rings (SSSR count). The maximum absolute atomic E-state index is 13.8. The van der Waals surface area contributed by atoms with E-state index in [0.717, 1.165) is 16.9 Å². The second-order valence-electron chi connectivity index (χ2n) is 4.80. The highest BCUT2D eigenvalue weighted by molar-refractivity contribution is 5.62. The third kappa shape index (κ3) is 2.71. The molecule has 0 radical (unpaired) electrons. The van der Waals surface area contributed by atoms with Gasteiger partial charge in [0.15, 0.2) is 0 Å². The molecule has 3 nitrogen and oxygen atoms in total. The topological polar surface area (TPSA) is 29.9 Å². The van der Waals surface area contributed by atoms with Crippen LogP contribution in [0.5, 0.6) is 0 Å². The standard InChI is InChI=1S/C17H16FN3/c1-19-12-14-11-13(7-8-16(14)18)17-9-10-20-21(17)15-5-3-2-4-6-15/h2-11,19H,12H2,1H3. The van der Waals surface area contributed by atoms with Crippen molar-refractivity contribution >= 4 is 0 Å². The molecule has 0 aliphatic rings. The van der Waals surface area contributed by atoms with E-state index in [1.54, 1.807) is 19.3 Å². The van der Waals surface area contributed by atoms with E-state index in [2.05, 4.69) is 10.4 Å². The predicted molar refractivity (Wildman–Crippen MR) is 81.7 cm³/mol. The summed E-state index contributed by atoms with van der Waals surface area (Å²) in [6, 6.07) is 17.0. The number of aromatic nitrogens is 2. The summed E-state index contributed by atoms with van der Waals surface area (Å²) < 4.78 is 15.6. The maximum atomic E-state index is 13.8. The van der Waals surface area contributed by atoms with Crippen LogP contribution in [0, 0.1) is 5.82 Å². The smallest absolute Gasteiger partial charge is 0.127 e. The molecule has 3 aromatic rings. The van der Waals surface area contributed by atoms with Crippen LogP contribution in [-0.4, -0.2) is 16.8 Å². The van der Waals surface area contributed by atoms with Crippen molar-refractivity contribution in [1.29, 1.82) is 0 Å². The number of hydrogen-bond donors (Lipinski definition) is 1. The van der Waals surface area contributed by atoms with E-state index in [1.807, 2.05) is 47.1 Å². The summed E-state index contributed by atoms with van der Waals surface area (Å²) in [4.78, 5) is 0. The molecule has 4 heteroatoms. The Balaban J connectivity index is 2.06. The van der Waals surface area contributed by atoms with E-state index in [-0.39, 0.29) is 5.82 Å². The highest BCUT2D eigenvalue weighted by atomic mass is 19.1. The van der Waals surface area contributed by atoms with Crippen molar-refractivity contribution in [2.45, 2.75) is 6.54 Å². The van der Waals surface area contributed by atoms with Crippen LogP contribution in [0.15, 0.2) is 60.8 Å². The SMILES string of the molecule is CNCc1cc(-c2ccnn2-c2ccccc2)ccc1F. The summed E-state index contributed by atoms with van der Waals surface area (Å²) >= 11 is 0. The minimum Gasteiger partial charge on any atom is -0.316 e.